The topological polar surface area (TPSA) is 64.0 Å². The first-order valence-electron chi connectivity index (χ1n) is 9.31. The Morgan fingerprint density at radius 2 is 2.08 bits per heavy atom. The second-order valence-electron chi connectivity index (χ2n) is 7.67. The van der Waals surface area contributed by atoms with Crippen molar-refractivity contribution in [1.82, 2.24) is 14.9 Å². The molecule has 25 heavy (non-hydrogen) atoms. The van der Waals surface area contributed by atoms with E-state index < -0.39 is 0 Å². The molecule has 2 aliphatic rings. The second kappa shape index (κ2) is 6.24. The van der Waals surface area contributed by atoms with Crippen LogP contribution in [0, 0.1) is 18.8 Å². The van der Waals surface area contributed by atoms with Crippen molar-refractivity contribution in [3.63, 3.8) is 0 Å². The van der Waals surface area contributed by atoms with Gasteiger partial charge in [0.1, 0.15) is 10.7 Å². The molecule has 2 aromatic heterocycles. The second-order valence-corrected chi connectivity index (χ2v) is 8.67. The highest BCUT2D eigenvalue weighted by molar-refractivity contribution is 7.20. The molecule has 134 valence electrons. The van der Waals surface area contributed by atoms with Gasteiger partial charge in [-0.15, -0.1) is 11.3 Å². The number of hydrogen-bond donors (Lipinski definition) is 1. The largest absolute Gasteiger partial charge is 0.348 e. The van der Waals surface area contributed by atoms with E-state index in [4.69, 9.17) is 0 Å². The fourth-order valence-electron chi connectivity index (χ4n) is 4.31. The van der Waals surface area contributed by atoms with E-state index in [1.807, 2.05) is 6.92 Å². The molecule has 0 spiro atoms. The molecule has 1 fully saturated rings. The van der Waals surface area contributed by atoms with E-state index in [0.717, 1.165) is 43.6 Å². The van der Waals surface area contributed by atoms with Crippen LogP contribution < -0.4 is 10.9 Å². The molecule has 1 saturated carbocycles. The van der Waals surface area contributed by atoms with E-state index in [9.17, 15) is 9.59 Å². The van der Waals surface area contributed by atoms with Crippen LogP contribution in [0.4, 0.5) is 0 Å². The average Bonchev–Trinajstić information content (AvgIpc) is 3.17. The molecule has 2 aromatic rings. The van der Waals surface area contributed by atoms with E-state index in [1.54, 1.807) is 4.57 Å². The maximum atomic E-state index is 12.9. The lowest BCUT2D eigenvalue weighted by molar-refractivity contribution is 0.0895. The standard InChI is InChI=1S/C19H25N3O2S/c1-10-6-4-7-13(11(10)2)20-17(23)16-12(3)15-18(25-16)21-14-8-5-9-22(14)19(15)24/h10-11,13H,4-9H2,1-3H3,(H,20,23). The number of nitrogens with one attached hydrogen (secondary N) is 1. The zero-order valence-corrected chi connectivity index (χ0v) is 15.9. The van der Waals surface area contributed by atoms with Crippen LogP contribution >= 0.6 is 11.3 Å². The average molecular weight is 359 g/mol. The quantitative estimate of drug-likeness (QED) is 0.895. The highest BCUT2D eigenvalue weighted by atomic mass is 32.1. The molecule has 1 aliphatic heterocycles. The van der Waals surface area contributed by atoms with Crippen LogP contribution in [0.25, 0.3) is 10.2 Å². The normalized spacial score (nSPS) is 26.0. The lowest BCUT2D eigenvalue weighted by atomic mass is 9.78. The molecule has 6 heteroatoms. The van der Waals surface area contributed by atoms with Gasteiger partial charge in [0.25, 0.3) is 11.5 Å². The minimum absolute atomic E-state index is 0.0185. The number of aromatic nitrogens is 2. The monoisotopic (exact) mass is 359 g/mol. The van der Waals surface area contributed by atoms with Crippen LogP contribution in [0.3, 0.4) is 0 Å². The SMILES string of the molecule is Cc1c(C(=O)NC2CCCC(C)C2C)sc2nc3n(c(=O)c12)CCC3. The summed E-state index contributed by atoms with van der Waals surface area (Å²) in [5, 5.41) is 3.86. The molecule has 0 aromatic carbocycles. The fourth-order valence-corrected chi connectivity index (χ4v) is 5.41. The zero-order chi connectivity index (χ0) is 17.7. The van der Waals surface area contributed by atoms with Crippen LogP contribution in [0.1, 0.15) is 60.6 Å². The van der Waals surface area contributed by atoms with Crippen molar-refractivity contribution in [2.45, 2.75) is 65.5 Å². The summed E-state index contributed by atoms with van der Waals surface area (Å²) in [5.41, 5.74) is 0.804. The summed E-state index contributed by atoms with van der Waals surface area (Å²) in [5.74, 6) is 1.94. The van der Waals surface area contributed by atoms with E-state index in [2.05, 4.69) is 24.1 Å². The summed E-state index contributed by atoms with van der Waals surface area (Å²) in [7, 11) is 0. The van der Waals surface area contributed by atoms with Crippen molar-refractivity contribution in [1.29, 1.82) is 0 Å². The Morgan fingerprint density at radius 1 is 1.28 bits per heavy atom. The van der Waals surface area contributed by atoms with Crippen LogP contribution in [0.5, 0.6) is 0 Å². The first-order chi connectivity index (χ1) is 12.0. The Balaban J connectivity index is 1.68. The Labute approximate surface area is 151 Å². The maximum Gasteiger partial charge on any atom is 0.262 e. The Hall–Kier alpha value is -1.69. The molecule has 1 amide bonds. The molecular formula is C19H25N3O2S. The summed E-state index contributed by atoms with van der Waals surface area (Å²) in [4.78, 5) is 31.7. The summed E-state index contributed by atoms with van der Waals surface area (Å²) in [6, 6.07) is 0.222. The number of carbonyl (C=O) groups excluding carboxylic acids is 1. The Bertz CT molecular complexity index is 898. The molecule has 3 unspecified atom stereocenters. The van der Waals surface area contributed by atoms with Gasteiger partial charge in [-0.1, -0.05) is 26.7 Å². The summed E-state index contributed by atoms with van der Waals surface area (Å²) >= 11 is 1.37. The summed E-state index contributed by atoms with van der Waals surface area (Å²) in [6.07, 6.45) is 5.26. The van der Waals surface area contributed by atoms with Gasteiger partial charge in [-0.05, 0) is 37.2 Å². The van der Waals surface area contributed by atoms with Crippen LogP contribution in [-0.4, -0.2) is 21.5 Å². The number of fused-ring (bicyclic) bond motifs is 2. The first kappa shape index (κ1) is 16.8. The molecule has 1 N–H and O–H groups in total. The number of carbonyl (C=O) groups is 1. The third kappa shape index (κ3) is 2.71. The molecule has 0 radical (unpaired) electrons. The number of thiophene rings is 1. The van der Waals surface area contributed by atoms with E-state index in [1.165, 1.54) is 17.8 Å². The van der Waals surface area contributed by atoms with Crippen molar-refractivity contribution in [2.24, 2.45) is 11.8 Å². The summed E-state index contributed by atoms with van der Waals surface area (Å²) < 4.78 is 1.77. The predicted octanol–water partition coefficient (Wildman–Crippen LogP) is 3.27. The molecule has 0 saturated heterocycles. The highest BCUT2D eigenvalue weighted by Gasteiger charge is 2.30. The molecule has 1 aliphatic carbocycles. The van der Waals surface area contributed by atoms with Crippen molar-refractivity contribution in [3.8, 4) is 0 Å². The molecular weight excluding hydrogens is 334 g/mol. The van der Waals surface area contributed by atoms with Gasteiger partial charge in [-0.25, -0.2) is 4.98 Å². The van der Waals surface area contributed by atoms with Crippen LogP contribution in [0.15, 0.2) is 4.79 Å². The van der Waals surface area contributed by atoms with Gasteiger partial charge in [0.2, 0.25) is 0 Å². The fraction of sp³-hybridized carbons (Fsp3) is 0.632. The molecule has 4 rings (SSSR count). The van der Waals surface area contributed by atoms with Gasteiger partial charge in [0.15, 0.2) is 0 Å². The molecule has 3 atom stereocenters. The van der Waals surface area contributed by atoms with Crippen molar-refractivity contribution >= 4 is 27.5 Å². The molecule has 5 nitrogen and oxygen atoms in total. The van der Waals surface area contributed by atoms with E-state index in [-0.39, 0.29) is 17.5 Å². The van der Waals surface area contributed by atoms with Gasteiger partial charge in [-0.2, -0.15) is 0 Å². The van der Waals surface area contributed by atoms with Gasteiger partial charge in [0, 0.05) is 19.0 Å². The van der Waals surface area contributed by atoms with E-state index >= 15 is 0 Å². The third-order valence-electron chi connectivity index (χ3n) is 6.14. The summed E-state index contributed by atoms with van der Waals surface area (Å²) in [6.45, 7) is 7.11. The Morgan fingerprint density at radius 3 is 2.88 bits per heavy atom. The lowest BCUT2D eigenvalue weighted by Crippen LogP contribution is -2.43. The van der Waals surface area contributed by atoms with Crippen LogP contribution in [0.2, 0.25) is 0 Å². The molecule has 0 bridgehead atoms. The van der Waals surface area contributed by atoms with Gasteiger partial charge in [0.05, 0.1) is 10.3 Å². The Kier molecular flexibility index (Phi) is 4.18. The van der Waals surface area contributed by atoms with Crippen molar-refractivity contribution < 1.29 is 4.79 Å². The van der Waals surface area contributed by atoms with Crippen molar-refractivity contribution in [3.05, 3.63) is 26.6 Å². The number of rotatable bonds is 2. The lowest BCUT2D eigenvalue weighted by Gasteiger charge is -2.34. The maximum absolute atomic E-state index is 12.9. The smallest absolute Gasteiger partial charge is 0.262 e. The first-order valence-corrected chi connectivity index (χ1v) is 10.1. The van der Waals surface area contributed by atoms with Gasteiger partial charge >= 0.3 is 0 Å². The van der Waals surface area contributed by atoms with Gasteiger partial charge in [-0.3, -0.25) is 14.2 Å². The molecule has 3 heterocycles. The number of amides is 1. The number of nitrogens with zero attached hydrogens (tertiary/aromatic N) is 2. The number of hydrogen-bond acceptors (Lipinski definition) is 4. The minimum atomic E-state index is -0.0454. The number of aryl methyl sites for hydroxylation is 2. The highest BCUT2D eigenvalue weighted by Crippen LogP contribution is 2.32. The van der Waals surface area contributed by atoms with Crippen molar-refractivity contribution in [2.75, 3.05) is 0 Å². The predicted molar refractivity (Wildman–Crippen MR) is 100 cm³/mol. The van der Waals surface area contributed by atoms with Crippen LogP contribution in [-0.2, 0) is 13.0 Å². The zero-order valence-electron chi connectivity index (χ0n) is 15.1. The third-order valence-corrected chi connectivity index (χ3v) is 7.33. The van der Waals surface area contributed by atoms with E-state index in [0.29, 0.717) is 26.9 Å². The van der Waals surface area contributed by atoms with Gasteiger partial charge < -0.3 is 5.32 Å². The minimum Gasteiger partial charge on any atom is -0.348 e.